The predicted molar refractivity (Wildman–Crippen MR) is 82.0 cm³/mol. The van der Waals surface area contributed by atoms with E-state index in [1.807, 2.05) is 6.07 Å². The maximum atomic E-state index is 5.63. The summed E-state index contributed by atoms with van der Waals surface area (Å²) < 4.78 is 5.25. The summed E-state index contributed by atoms with van der Waals surface area (Å²) in [6, 6.07) is 13.1. The van der Waals surface area contributed by atoms with Gasteiger partial charge >= 0.3 is 0 Å². The number of fused-ring (bicyclic) bond motifs is 1. The fourth-order valence-electron chi connectivity index (χ4n) is 2.25. The molecule has 0 aliphatic carbocycles. The molecule has 3 heteroatoms. The molecule has 0 aromatic heterocycles. The van der Waals surface area contributed by atoms with Crippen molar-refractivity contribution in [3.05, 3.63) is 36.4 Å². The van der Waals surface area contributed by atoms with Gasteiger partial charge < -0.3 is 15.4 Å². The van der Waals surface area contributed by atoms with Gasteiger partial charge in [0.25, 0.3) is 0 Å². The van der Waals surface area contributed by atoms with Crippen LogP contribution in [0.1, 0.15) is 13.3 Å². The van der Waals surface area contributed by atoms with E-state index >= 15 is 0 Å². The molecule has 0 aliphatic rings. The second kappa shape index (κ2) is 5.93. The predicted octanol–water partition coefficient (Wildman–Crippen LogP) is 3.02. The average molecular weight is 258 g/mol. The van der Waals surface area contributed by atoms with E-state index in [0.717, 1.165) is 18.7 Å². The van der Waals surface area contributed by atoms with Crippen LogP contribution in [0.15, 0.2) is 36.4 Å². The molecular weight excluding hydrogens is 236 g/mol. The van der Waals surface area contributed by atoms with Gasteiger partial charge in [-0.2, -0.15) is 0 Å². The lowest BCUT2D eigenvalue weighted by atomic mass is 10.1. The molecule has 102 valence electrons. The molecule has 3 nitrogen and oxygen atoms in total. The lowest BCUT2D eigenvalue weighted by Gasteiger charge is -2.27. The molecule has 0 aliphatic heterocycles. The third-order valence-corrected chi connectivity index (χ3v) is 3.68. The molecule has 0 saturated carbocycles. The largest absolute Gasteiger partial charge is 0.497 e. The van der Waals surface area contributed by atoms with Gasteiger partial charge in [0.1, 0.15) is 5.75 Å². The monoisotopic (exact) mass is 258 g/mol. The number of rotatable bonds is 5. The Labute approximate surface area is 115 Å². The van der Waals surface area contributed by atoms with Crippen molar-refractivity contribution >= 4 is 16.5 Å². The number of hydrogen-bond acceptors (Lipinski definition) is 3. The van der Waals surface area contributed by atoms with Crippen LogP contribution in [0.3, 0.4) is 0 Å². The minimum atomic E-state index is 0.445. The van der Waals surface area contributed by atoms with Crippen LogP contribution in [-0.2, 0) is 0 Å². The molecule has 0 fully saturated rings. The van der Waals surface area contributed by atoms with E-state index in [1.54, 1.807) is 7.11 Å². The van der Waals surface area contributed by atoms with Gasteiger partial charge in [0.2, 0.25) is 0 Å². The molecular formula is C16H22N2O. The standard InChI is InChI=1S/C16H22N2O/c1-12(8-9-17)18(2)15-6-4-14-11-16(19-3)7-5-13(14)10-15/h4-7,10-12H,8-9,17H2,1-3H3. The zero-order chi connectivity index (χ0) is 13.8. The van der Waals surface area contributed by atoms with Gasteiger partial charge in [-0.05, 0) is 54.9 Å². The van der Waals surface area contributed by atoms with Crippen LogP contribution in [0, 0.1) is 0 Å². The molecule has 0 spiro atoms. The van der Waals surface area contributed by atoms with E-state index < -0.39 is 0 Å². The summed E-state index contributed by atoms with van der Waals surface area (Å²) in [5, 5.41) is 2.42. The lowest BCUT2D eigenvalue weighted by Crippen LogP contribution is -2.30. The third kappa shape index (κ3) is 2.99. The first-order valence-electron chi connectivity index (χ1n) is 6.66. The zero-order valence-corrected chi connectivity index (χ0v) is 11.9. The smallest absolute Gasteiger partial charge is 0.119 e. The summed E-state index contributed by atoms with van der Waals surface area (Å²) in [7, 11) is 3.81. The van der Waals surface area contributed by atoms with Gasteiger partial charge in [-0.3, -0.25) is 0 Å². The first-order chi connectivity index (χ1) is 9.15. The molecule has 0 amide bonds. The molecule has 2 rings (SSSR count). The SMILES string of the molecule is COc1ccc2cc(N(C)C(C)CCN)ccc2c1. The Balaban J connectivity index is 2.31. The zero-order valence-electron chi connectivity index (χ0n) is 11.9. The molecule has 0 radical (unpaired) electrons. The normalized spacial score (nSPS) is 12.4. The van der Waals surface area contributed by atoms with Crippen LogP contribution in [-0.4, -0.2) is 26.7 Å². The Bertz CT molecular complexity index is 553. The Kier molecular flexibility index (Phi) is 4.27. The van der Waals surface area contributed by atoms with Gasteiger partial charge in [-0.25, -0.2) is 0 Å². The first kappa shape index (κ1) is 13.7. The third-order valence-electron chi connectivity index (χ3n) is 3.68. The van der Waals surface area contributed by atoms with Gasteiger partial charge in [-0.1, -0.05) is 12.1 Å². The molecule has 2 aromatic rings. The van der Waals surface area contributed by atoms with Crippen LogP contribution in [0.4, 0.5) is 5.69 Å². The van der Waals surface area contributed by atoms with Crippen molar-refractivity contribution in [2.24, 2.45) is 5.73 Å². The summed E-state index contributed by atoms with van der Waals surface area (Å²) in [5.41, 5.74) is 6.85. The maximum absolute atomic E-state index is 5.63. The van der Waals surface area contributed by atoms with E-state index in [1.165, 1.54) is 16.5 Å². The minimum Gasteiger partial charge on any atom is -0.497 e. The maximum Gasteiger partial charge on any atom is 0.119 e. The van der Waals surface area contributed by atoms with Crippen LogP contribution in [0.2, 0.25) is 0 Å². The van der Waals surface area contributed by atoms with Crippen molar-refractivity contribution < 1.29 is 4.74 Å². The molecule has 1 unspecified atom stereocenters. The first-order valence-corrected chi connectivity index (χ1v) is 6.66. The molecule has 2 aromatic carbocycles. The van der Waals surface area contributed by atoms with Gasteiger partial charge in [0.15, 0.2) is 0 Å². The summed E-state index contributed by atoms with van der Waals surface area (Å²) in [6.07, 6.45) is 0.997. The Hall–Kier alpha value is -1.74. The van der Waals surface area contributed by atoms with Crippen molar-refractivity contribution in [1.82, 2.24) is 0 Å². The summed E-state index contributed by atoms with van der Waals surface area (Å²) >= 11 is 0. The number of ether oxygens (including phenoxy) is 1. The quantitative estimate of drug-likeness (QED) is 0.896. The highest BCUT2D eigenvalue weighted by Gasteiger charge is 2.09. The molecule has 19 heavy (non-hydrogen) atoms. The number of methoxy groups -OCH3 is 1. The number of benzene rings is 2. The summed E-state index contributed by atoms with van der Waals surface area (Å²) in [4.78, 5) is 2.27. The number of hydrogen-bond donors (Lipinski definition) is 1. The fourth-order valence-corrected chi connectivity index (χ4v) is 2.25. The Morgan fingerprint density at radius 1 is 1.16 bits per heavy atom. The van der Waals surface area contributed by atoms with Crippen LogP contribution < -0.4 is 15.4 Å². The van der Waals surface area contributed by atoms with E-state index in [2.05, 4.69) is 49.2 Å². The Morgan fingerprint density at radius 2 is 1.84 bits per heavy atom. The van der Waals surface area contributed by atoms with Gasteiger partial charge in [-0.15, -0.1) is 0 Å². The van der Waals surface area contributed by atoms with Crippen LogP contribution >= 0.6 is 0 Å². The second-order valence-electron chi connectivity index (χ2n) is 4.93. The Morgan fingerprint density at radius 3 is 2.53 bits per heavy atom. The molecule has 0 saturated heterocycles. The van der Waals surface area contributed by atoms with Gasteiger partial charge in [0.05, 0.1) is 7.11 Å². The van der Waals surface area contributed by atoms with E-state index in [0.29, 0.717) is 6.04 Å². The lowest BCUT2D eigenvalue weighted by molar-refractivity contribution is 0.415. The van der Waals surface area contributed by atoms with Crippen molar-refractivity contribution in [3.8, 4) is 5.75 Å². The summed E-state index contributed by atoms with van der Waals surface area (Å²) in [5.74, 6) is 0.894. The van der Waals surface area contributed by atoms with E-state index in [-0.39, 0.29) is 0 Å². The van der Waals surface area contributed by atoms with E-state index in [9.17, 15) is 0 Å². The molecule has 0 bridgehead atoms. The molecule has 1 atom stereocenters. The van der Waals surface area contributed by atoms with Crippen LogP contribution in [0.25, 0.3) is 10.8 Å². The van der Waals surface area contributed by atoms with Crippen molar-refractivity contribution in [1.29, 1.82) is 0 Å². The van der Waals surface area contributed by atoms with Crippen LogP contribution in [0.5, 0.6) is 5.75 Å². The van der Waals surface area contributed by atoms with Crippen molar-refractivity contribution in [3.63, 3.8) is 0 Å². The highest BCUT2D eigenvalue weighted by atomic mass is 16.5. The highest BCUT2D eigenvalue weighted by Crippen LogP contribution is 2.26. The van der Waals surface area contributed by atoms with Crippen molar-refractivity contribution in [2.45, 2.75) is 19.4 Å². The second-order valence-corrected chi connectivity index (χ2v) is 4.93. The minimum absolute atomic E-state index is 0.445. The molecule has 0 heterocycles. The fraction of sp³-hybridized carbons (Fsp3) is 0.375. The number of anilines is 1. The topological polar surface area (TPSA) is 38.5 Å². The number of nitrogens with two attached hydrogens (primary N) is 1. The molecule has 2 N–H and O–H groups in total. The number of nitrogens with zero attached hydrogens (tertiary/aromatic N) is 1. The highest BCUT2D eigenvalue weighted by molar-refractivity contribution is 5.87. The summed E-state index contributed by atoms with van der Waals surface area (Å²) in [6.45, 7) is 2.92. The van der Waals surface area contributed by atoms with E-state index in [4.69, 9.17) is 10.5 Å². The van der Waals surface area contributed by atoms with Gasteiger partial charge in [0, 0.05) is 18.8 Å². The average Bonchev–Trinajstić information content (AvgIpc) is 2.45. The van der Waals surface area contributed by atoms with Crippen molar-refractivity contribution in [2.75, 3.05) is 25.6 Å².